The first-order valence-electron chi connectivity index (χ1n) is 9.29. The molecule has 1 saturated heterocycles. The van der Waals surface area contributed by atoms with Crippen molar-refractivity contribution in [2.75, 3.05) is 26.2 Å². The van der Waals surface area contributed by atoms with Gasteiger partial charge in [-0.05, 0) is 12.1 Å². The Labute approximate surface area is 177 Å². The molecule has 12 heteroatoms. The Bertz CT molecular complexity index is 1330. The zero-order valence-corrected chi connectivity index (χ0v) is 18.1. The minimum absolute atomic E-state index is 0.103. The molecule has 1 aliphatic heterocycles. The molecule has 2 aromatic heterocycles. The lowest BCUT2D eigenvalue weighted by atomic mass is 10.4. The Kier molecular flexibility index (Phi) is 5.30. The van der Waals surface area contributed by atoms with Crippen LogP contribution in [-0.4, -0.2) is 62.5 Å². The van der Waals surface area contributed by atoms with Crippen molar-refractivity contribution in [3.63, 3.8) is 0 Å². The van der Waals surface area contributed by atoms with Crippen LogP contribution in [0, 0.1) is 0 Å². The van der Waals surface area contributed by atoms with Crippen molar-refractivity contribution in [3.05, 3.63) is 56.5 Å². The van der Waals surface area contributed by atoms with Crippen molar-refractivity contribution < 1.29 is 8.42 Å². The molecule has 160 valence electrons. The monoisotopic (exact) mass is 452 g/mol. The summed E-state index contributed by atoms with van der Waals surface area (Å²) >= 11 is 6.08. The van der Waals surface area contributed by atoms with E-state index in [9.17, 15) is 18.0 Å². The van der Waals surface area contributed by atoms with Crippen LogP contribution >= 0.6 is 11.6 Å². The minimum atomic E-state index is -3.67. The molecule has 3 aromatic rings. The molecule has 0 aliphatic carbocycles. The van der Waals surface area contributed by atoms with Crippen LogP contribution in [0.2, 0.25) is 5.02 Å². The van der Waals surface area contributed by atoms with Crippen molar-refractivity contribution in [2.24, 2.45) is 14.1 Å². The van der Waals surface area contributed by atoms with Crippen LogP contribution in [0.3, 0.4) is 0 Å². The number of fused-ring (bicyclic) bond motifs is 1. The SMILES string of the molecule is Cn1c(=O)c2ncn(CN3CCN(S(=O)(=O)c4ccccc4Cl)CC3)c2n(C)c1=O. The molecule has 0 amide bonds. The van der Waals surface area contributed by atoms with Gasteiger partial charge in [-0.3, -0.25) is 18.8 Å². The number of piperazine rings is 1. The number of rotatable bonds is 4. The molecule has 1 aliphatic rings. The van der Waals surface area contributed by atoms with Gasteiger partial charge < -0.3 is 4.57 Å². The third-order valence-corrected chi connectivity index (χ3v) is 7.75. The number of nitrogens with zero attached hydrogens (tertiary/aromatic N) is 6. The summed E-state index contributed by atoms with van der Waals surface area (Å²) in [5.41, 5.74) is -0.207. The summed E-state index contributed by atoms with van der Waals surface area (Å²) in [5, 5.41) is 0.201. The maximum atomic E-state index is 12.9. The highest BCUT2D eigenvalue weighted by Crippen LogP contribution is 2.25. The largest absolute Gasteiger partial charge is 0.332 e. The lowest BCUT2D eigenvalue weighted by Crippen LogP contribution is -2.49. The fourth-order valence-corrected chi connectivity index (χ4v) is 5.58. The van der Waals surface area contributed by atoms with Crippen molar-refractivity contribution in [3.8, 4) is 0 Å². The number of halogens is 1. The molecule has 0 bridgehead atoms. The lowest BCUT2D eigenvalue weighted by Gasteiger charge is -2.34. The van der Waals surface area contributed by atoms with Crippen molar-refractivity contribution in [2.45, 2.75) is 11.6 Å². The van der Waals surface area contributed by atoms with Crippen LogP contribution in [0.4, 0.5) is 0 Å². The molecule has 4 rings (SSSR count). The first-order valence-corrected chi connectivity index (χ1v) is 11.1. The number of hydrogen-bond donors (Lipinski definition) is 0. The van der Waals surface area contributed by atoms with Crippen LogP contribution in [0.1, 0.15) is 0 Å². The van der Waals surface area contributed by atoms with Gasteiger partial charge in [-0.25, -0.2) is 18.2 Å². The molecule has 3 heterocycles. The molecular weight excluding hydrogens is 432 g/mol. The van der Waals surface area contributed by atoms with Gasteiger partial charge in [0.1, 0.15) is 4.90 Å². The van der Waals surface area contributed by atoms with E-state index in [0.29, 0.717) is 38.5 Å². The van der Waals surface area contributed by atoms with Gasteiger partial charge in [-0.1, -0.05) is 23.7 Å². The first kappa shape index (κ1) is 20.8. The normalized spacial score (nSPS) is 16.4. The van der Waals surface area contributed by atoms with E-state index in [2.05, 4.69) is 4.98 Å². The van der Waals surface area contributed by atoms with Crippen LogP contribution in [0.25, 0.3) is 11.2 Å². The molecule has 0 radical (unpaired) electrons. The topological polar surface area (TPSA) is 102 Å². The van der Waals surface area contributed by atoms with Crippen LogP contribution in [0.15, 0.2) is 45.1 Å². The summed E-state index contributed by atoms with van der Waals surface area (Å²) in [6.07, 6.45) is 1.53. The van der Waals surface area contributed by atoms with E-state index in [0.717, 1.165) is 4.57 Å². The summed E-state index contributed by atoms with van der Waals surface area (Å²) in [4.78, 5) is 30.9. The van der Waals surface area contributed by atoms with Crippen molar-refractivity contribution in [1.29, 1.82) is 0 Å². The maximum Gasteiger partial charge on any atom is 0.332 e. The summed E-state index contributed by atoms with van der Waals surface area (Å²) in [5.74, 6) is 0. The number of benzene rings is 1. The number of aromatic nitrogens is 4. The van der Waals surface area contributed by atoms with E-state index < -0.39 is 21.3 Å². The smallest absolute Gasteiger partial charge is 0.303 e. The molecule has 30 heavy (non-hydrogen) atoms. The quantitative estimate of drug-likeness (QED) is 0.554. The first-order chi connectivity index (χ1) is 14.2. The van der Waals surface area contributed by atoms with Crippen LogP contribution in [0.5, 0.6) is 0 Å². The lowest BCUT2D eigenvalue weighted by molar-refractivity contribution is 0.153. The Morgan fingerprint density at radius 3 is 2.37 bits per heavy atom. The van der Waals surface area contributed by atoms with E-state index in [-0.39, 0.29) is 15.4 Å². The highest BCUT2D eigenvalue weighted by molar-refractivity contribution is 7.89. The fourth-order valence-electron chi connectivity index (χ4n) is 3.66. The Morgan fingerprint density at radius 1 is 1.03 bits per heavy atom. The van der Waals surface area contributed by atoms with E-state index >= 15 is 0 Å². The molecule has 0 unspecified atom stereocenters. The zero-order chi connectivity index (χ0) is 21.6. The van der Waals surface area contributed by atoms with Crippen molar-refractivity contribution in [1.82, 2.24) is 27.9 Å². The standard InChI is InChI=1S/C18H21ClN6O4S/c1-21-16-15(17(26)22(2)18(21)27)20-11-24(16)12-23-7-9-25(10-8-23)30(28,29)14-6-4-3-5-13(14)19/h3-6,11H,7-10,12H2,1-2H3. The van der Waals surface area contributed by atoms with Crippen LogP contribution < -0.4 is 11.2 Å². The zero-order valence-electron chi connectivity index (χ0n) is 16.5. The molecule has 1 fully saturated rings. The molecular formula is C18H21ClN6O4S. The highest BCUT2D eigenvalue weighted by atomic mass is 35.5. The second-order valence-electron chi connectivity index (χ2n) is 7.19. The summed E-state index contributed by atoms with van der Waals surface area (Å²) in [6.45, 7) is 1.98. The van der Waals surface area contributed by atoms with Crippen molar-refractivity contribution >= 4 is 32.8 Å². The third-order valence-electron chi connectivity index (χ3n) is 5.35. The van der Waals surface area contributed by atoms with E-state index in [1.54, 1.807) is 29.8 Å². The molecule has 10 nitrogen and oxygen atoms in total. The minimum Gasteiger partial charge on any atom is -0.303 e. The Balaban J connectivity index is 1.53. The Hall–Kier alpha value is -2.47. The molecule has 0 saturated carbocycles. The van der Waals surface area contributed by atoms with E-state index in [1.807, 2.05) is 4.90 Å². The molecule has 0 N–H and O–H groups in total. The molecule has 0 atom stereocenters. The van der Waals surface area contributed by atoms with E-state index in [4.69, 9.17) is 11.6 Å². The fraction of sp³-hybridized carbons (Fsp3) is 0.389. The van der Waals surface area contributed by atoms with Gasteiger partial charge >= 0.3 is 5.69 Å². The number of hydrogen-bond acceptors (Lipinski definition) is 6. The van der Waals surface area contributed by atoms with Gasteiger partial charge in [-0.2, -0.15) is 4.31 Å². The average Bonchev–Trinajstić information content (AvgIpc) is 3.15. The predicted octanol–water partition coefficient (Wildman–Crippen LogP) is 0.0511. The van der Waals surface area contributed by atoms with Gasteiger partial charge in [0.05, 0.1) is 18.0 Å². The van der Waals surface area contributed by atoms with Gasteiger partial charge in [0, 0.05) is 40.3 Å². The number of aryl methyl sites for hydroxylation is 1. The summed E-state index contributed by atoms with van der Waals surface area (Å²) < 4.78 is 31.3. The number of sulfonamides is 1. The predicted molar refractivity (Wildman–Crippen MR) is 112 cm³/mol. The second-order valence-corrected chi connectivity index (χ2v) is 9.50. The number of imidazole rings is 1. The van der Waals surface area contributed by atoms with Gasteiger partial charge in [-0.15, -0.1) is 0 Å². The molecule has 0 spiro atoms. The maximum absolute atomic E-state index is 12.9. The second kappa shape index (κ2) is 7.65. The average molecular weight is 453 g/mol. The highest BCUT2D eigenvalue weighted by Gasteiger charge is 2.30. The van der Waals surface area contributed by atoms with Crippen LogP contribution in [-0.2, 0) is 30.8 Å². The summed E-state index contributed by atoms with van der Waals surface area (Å²) in [6, 6.07) is 6.40. The Morgan fingerprint density at radius 2 is 1.70 bits per heavy atom. The third kappa shape index (κ3) is 3.37. The van der Waals surface area contributed by atoms with Gasteiger partial charge in [0.25, 0.3) is 5.56 Å². The molecule has 1 aromatic carbocycles. The van der Waals surface area contributed by atoms with E-state index in [1.165, 1.54) is 28.3 Å². The van der Waals surface area contributed by atoms with Gasteiger partial charge in [0.2, 0.25) is 10.0 Å². The van der Waals surface area contributed by atoms with Gasteiger partial charge in [0.15, 0.2) is 11.2 Å². The summed E-state index contributed by atoms with van der Waals surface area (Å²) in [7, 11) is -0.657.